The molecule has 14 heavy (non-hydrogen) atoms. The first-order valence-corrected chi connectivity index (χ1v) is 4.19. The van der Waals surface area contributed by atoms with Crippen LogP contribution in [0, 0.1) is 6.92 Å². The number of ether oxygens (including phenoxy) is 1. The summed E-state index contributed by atoms with van der Waals surface area (Å²) in [4.78, 5) is 4.08. The van der Waals surface area contributed by atoms with Gasteiger partial charge in [0, 0.05) is 11.8 Å². The molecular weight excluding hydrogens is 180 g/mol. The SMILES string of the molecule is COc1nccc(-n2ccnn2)c1C. The highest BCUT2D eigenvalue weighted by Gasteiger charge is 2.06. The molecule has 2 aromatic rings. The minimum Gasteiger partial charge on any atom is -0.481 e. The van der Waals surface area contributed by atoms with Gasteiger partial charge in [0.1, 0.15) is 0 Å². The van der Waals surface area contributed by atoms with Gasteiger partial charge < -0.3 is 4.74 Å². The van der Waals surface area contributed by atoms with Gasteiger partial charge in [0.05, 0.1) is 25.2 Å². The summed E-state index contributed by atoms with van der Waals surface area (Å²) in [6.45, 7) is 1.93. The summed E-state index contributed by atoms with van der Waals surface area (Å²) in [6.07, 6.45) is 5.09. The Balaban J connectivity index is 2.54. The van der Waals surface area contributed by atoms with Crippen LogP contribution in [0.15, 0.2) is 24.7 Å². The molecule has 0 aliphatic rings. The van der Waals surface area contributed by atoms with Crippen molar-refractivity contribution in [2.24, 2.45) is 0 Å². The molecule has 0 bridgehead atoms. The molecule has 2 aromatic heterocycles. The van der Waals surface area contributed by atoms with Crippen molar-refractivity contribution in [1.82, 2.24) is 20.0 Å². The van der Waals surface area contributed by atoms with Gasteiger partial charge in [0.25, 0.3) is 0 Å². The highest BCUT2D eigenvalue weighted by molar-refractivity contribution is 5.43. The lowest BCUT2D eigenvalue weighted by Gasteiger charge is -2.07. The second kappa shape index (κ2) is 3.45. The summed E-state index contributed by atoms with van der Waals surface area (Å²) in [5.74, 6) is 0.609. The molecular formula is C9H10N4O. The molecule has 0 spiro atoms. The van der Waals surface area contributed by atoms with E-state index in [0.717, 1.165) is 11.3 Å². The molecule has 0 radical (unpaired) electrons. The van der Waals surface area contributed by atoms with Crippen molar-refractivity contribution < 1.29 is 4.74 Å². The lowest BCUT2D eigenvalue weighted by Crippen LogP contribution is -2.01. The lowest BCUT2D eigenvalue weighted by atomic mass is 10.2. The fraction of sp³-hybridized carbons (Fsp3) is 0.222. The number of hydrogen-bond donors (Lipinski definition) is 0. The van der Waals surface area contributed by atoms with E-state index in [0.29, 0.717) is 5.88 Å². The fourth-order valence-electron chi connectivity index (χ4n) is 1.30. The van der Waals surface area contributed by atoms with Crippen molar-refractivity contribution in [3.05, 3.63) is 30.2 Å². The van der Waals surface area contributed by atoms with Crippen LogP contribution in [0.25, 0.3) is 5.69 Å². The molecule has 0 aliphatic heterocycles. The van der Waals surface area contributed by atoms with Crippen molar-refractivity contribution in [2.45, 2.75) is 6.92 Å². The first kappa shape index (κ1) is 8.68. The third kappa shape index (κ3) is 1.32. The average molecular weight is 190 g/mol. The number of nitrogens with zero attached hydrogens (tertiary/aromatic N) is 4. The molecule has 0 saturated carbocycles. The lowest BCUT2D eigenvalue weighted by molar-refractivity contribution is 0.394. The molecule has 0 unspecified atom stereocenters. The predicted molar refractivity (Wildman–Crippen MR) is 50.4 cm³/mol. The van der Waals surface area contributed by atoms with E-state index in [1.165, 1.54) is 0 Å². The Hall–Kier alpha value is -1.91. The van der Waals surface area contributed by atoms with Crippen molar-refractivity contribution >= 4 is 0 Å². The van der Waals surface area contributed by atoms with Crippen molar-refractivity contribution in [2.75, 3.05) is 7.11 Å². The van der Waals surface area contributed by atoms with Crippen LogP contribution in [0.1, 0.15) is 5.56 Å². The van der Waals surface area contributed by atoms with Gasteiger partial charge in [0.2, 0.25) is 5.88 Å². The molecule has 2 heterocycles. The van der Waals surface area contributed by atoms with Gasteiger partial charge in [-0.15, -0.1) is 5.10 Å². The fourth-order valence-corrected chi connectivity index (χ4v) is 1.30. The number of hydrogen-bond acceptors (Lipinski definition) is 4. The highest BCUT2D eigenvalue weighted by Crippen LogP contribution is 2.19. The molecule has 2 rings (SSSR count). The summed E-state index contributed by atoms with van der Waals surface area (Å²) in [6, 6.07) is 1.87. The highest BCUT2D eigenvalue weighted by atomic mass is 16.5. The topological polar surface area (TPSA) is 52.8 Å². The minimum absolute atomic E-state index is 0.609. The van der Waals surface area contributed by atoms with Crippen LogP contribution in [0.5, 0.6) is 5.88 Å². The van der Waals surface area contributed by atoms with Crippen LogP contribution in [-0.4, -0.2) is 27.1 Å². The van der Waals surface area contributed by atoms with E-state index < -0.39 is 0 Å². The molecule has 0 N–H and O–H groups in total. The van der Waals surface area contributed by atoms with Gasteiger partial charge in [-0.2, -0.15) is 0 Å². The van der Waals surface area contributed by atoms with Crippen molar-refractivity contribution in [1.29, 1.82) is 0 Å². The Labute approximate surface area is 81.3 Å². The Morgan fingerprint density at radius 1 is 1.36 bits per heavy atom. The maximum atomic E-state index is 5.11. The van der Waals surface area contributed by atoms with Crippen LogP contribution < -0.4 is 4.74 Å². The third-order valence-electron chi connectivity index (χ3n) is 1.99. The predicted octanol–water partition coefficient (Wildman–Crippen LogP) is 0.979. The van der Waals surface area contributed by atoms with Gasteiger partial charge in [-0.25, -0.2) is 9.67 Å². The molecule has 72 valence electrons. The van der Waals surface area contributed by atoms with Crippen LogP contribution in [0.4, 0.5) is 0 Å². The smallest absolute Gasteiger partial charge is 0.218 e. The maximum Gasteiger partial charge on any atom is 0.218 e. The Morgan fingerprint density at radius 2 is 2.21 bits per heavy atom. The van der Waals surface area contributed by atoms with E-state index in [9.17, 15) is 0 Å². The number of pyridine rings is 1. The summed E-state index contributed by atoms with van der Waals surface area (Å²) >= 11 is 0. The third-order valence-corrected chi connectivity index (χ3v) is 1.99. The molecule has 5 heteroatoms. The van der Waals surface area contributed by atoms with Crippen LogP contribution in [-0.2, 0) is 0 Å². The standard InChI is InChI=1S/C9H10N4O/c1-7-8(13-6-5-11-12-13)3-4-10-9(7)14-2/h3-6H,1-2H3. The van der Waals surface area contributed by atoms with Crippen molar-refractivity contribution in [3.63, 3.8) is 0 Å². The van der Waals surface area contributed by atoms with E-state index in [1.807, 2.05) is 13.0 Å². The second-order valence-corrected chi connectivity index (χ2v) is 2.81. The normalized spacial score (nSPS) is 10.1. The van der Waals surface area contributed by atoms with Gasteiger partial charge in [-0.1, -0.05) is 5.21 Å². The zero-order valence-electron chi connectivity index (χ0n) is 8.01. The van der Waals surface area contributed by atoms with Crippen LogP contribution in [0.2, 0.25) is 0 Å². The molecule has 5 nitrogen and oxygen atoms in total. The van der Waals surface area contributed by atoms with Gasteiger partial charge in [0.15, 0.2) is 0 Å². The first-order chi connectivity index (χ1) is 6.83. The van der Waals surface area contributed by atoms with E-state index in [4.69, 9.17) is 4.74 Å². The minimum atomic E-state index is 0.609. The average Bonchev–Trinajstić information content (AvgIpc) is 2.71. The Bertz CT molecular complexity index is 424. The zero-order chi connectivity index (χ0) is 9.97. The molecule has 0 saturated heterocycles. The molecule has 0 aliphatic carbocycles. The quantitative estimate of drug-likeness (QED) is 0.708. The summed E-state index contributed by atoms with van der Waals surface area (Å²) < 4.78 is 6.79. The number of methoxy groups -OCH3 is 1. The van der Waals surface area contributed by atoms with Gasteiger partial charge >= 0.3 is 0 Å². The molecule has 0 aromatic carbocycles. The van der Waals surface area contributed by atoms with Crippen LogP contribution >= 0.6 is 0 Å². The summed E-state index contributed by atoms with van der Waals surface area (Å²) in [5.41, 5.74) is 1.87. The monoisotopic (exact) mass is 190 g/mol. The van der Waals surface area contributed by atoms with E-state index in [-0.39, 0.29) is 0 Å². The summed E-state index contributed by atoms with van der Waals surface area (Å²) in [7, 11) is 1.60. The Kier molecular flexibility index (Phi) is 2.14. The Morgan fingerprint density at radius 3 is 2.86 bits per heavy atom. The first-order valence-electron chi connectivity index (χ1n) is 4.19. The van der Waals surface area contributed by atoms with E-state index in [1.54, 1.807) is 30.4 Å². The second-order valence-electron chi connectivity index (χ2n) is 2.81. The summed E-state index contributed by atoms with van der Waals surface area (Å²) in [5, 5.41) is 7.65. The largest absolute Gasteiger partial charge is 0.481 e. The molecule has 0 fully saturated rings. The van der Waals surface area contributed by atoms with E-state index in [2.05, 4.69) is 15.3 Å². The number of aromatic nitrogens is 4. The van der Waals surface area contributed by atoms with E-state index >= 15 is 0 Å². The van der Waals surface area contributed by atoms with Gasteiger partial charge in [-0.05, 0) is 13.0 Å². The molecule has 0 atom stereocenters. The van der Waals surface area contributed by atoms with Gasteiger partial charge in [-0.3, -0.25) is 0 Å². The maximum absolute atomic E-state index is 5.11. The zero-order valence-corrected chi connectivity index (χ0v) is 8.01. The van der Waals surface area contributed by atoms with Crippen molar-refractivity contribution in [3.8, 4) is 11.6 Å². The molecule has 0 amide bonds. The van der Waals surface area contributed by atoms with Crippen LogP contribution in [0.3, 0.4) is 0 Å². The number of rotatable bonds is 2.